The maximum atomic E-state index is 13.7. The standard InChI is InChI=1S/C29H28N2O3S/c1-3-34-29(33)24-19-25(22-15-9-5-10-16-22)35-28(24)30-27(32)26(23-17-11-6-12-18-23)31(2)20-21-13-7-4-8-14-21/h4-19,26H,3,20H2,1-2H3,(H,30,32)/p+1/t26-/m0/s1. The maximum Gasteiger partial charge on any atom is 0.341 e. The van der Waals surface area contributed by atoms with Crippen molar-refractivity contribution >= 4 is 28.2 Å². The molecule has 3 aromatic carbocycles. The molecule has 0 spiro atoms. The van der Waals surface area contributed by atoms with Gasteiger partial charge in [-0.2, -0.15) is 0 Å². The van der Waals surface area contributed by atoms with Crippen LogP contribution in [0.2, 0.25) is 0 Å². The van der Waals surface area contributed by atoms with Crippen molar-refractivity contribution in [2.45, 2.75) is 19.5 Å². The number of likely N-dealkylation sites (N-methyl/N-ethyl adjacent to an activating group) is 1. The van der Waals surface area contributed by atoms with Crippen LogP contribution in [0.1, 0.15) is 34.5 Å². The summed E-state index contributed by atoms with van der Waals surface area (Å²) in [5.41, 5.74) is 3.41. The van der Waals surface area contributed by atoms with Crippen molar-refractivity contribution < 1.29 is 19.2 Å². The summed E-state index contributed by atoms with van der Waals surface area (Å²) in [6.07, 6.45) is 0. The van der Waals surface area contributed by atoms with Crippen molar-refractivity contribution in [1.82, 2.24) is 0 Å². The van der Waals surface area contributed by atoms with E-state index in [1.165, 1.54) is 11.3 Å². The Morgan fingerprint density at radius 2 is 1.51 bits per heavy atom. The number of hydrogen-bond donors (Lipinski definition) is 2. The van der Waals surface area contributed by atoms with E-state index >= 15 is 0 Å². The molecule has 0 radical (unpaired) electrons. The van der Waals surface area contributed by atoms with Gasteiger partial charge in [0.1, 0.15) is 11.5 Å². The molecule has 0 aliphatic rings. The number of rotatable bonds is 9. The molecule has 0 fully saturated rings. The number of thiophene rings is 1. The van der Waals surface area contributed by atoms with E-state index in [9.17, 15) is 9.59 Å². The number of benzene rings is 3. The monoisotopic (exact) mass is 485 g/mol. The van der Waals surface area contributed by atoms with Crippen molar-refractivity contribution in [1.29, 1.82) is 0 Å². The van der Waals surface area contributed by atoms with E-state index < -0.39 is 12.0 Å². The first-order chi connectivity index (χ1) is 17.1. The van der Waals surface area contributed by atoms with E-state index in [-0.39, 0.29) is 12.5 Å². The molecule has 178 valence electrons. The number of ether oxygens (including phenoxy) is 1. The van der Waals surface area contributed by atoms with Gasteiger partial charge in [0.15, 0.2) is 6.04 Å². The Bertz CT molecular complexity index is 1260. The second-order valence-corrected chi connectivity index (χ2v) is 9.33. The van der Waals surface area contributed by atoms with E-state index in [4.69, 9.17) is 4.74 Å². The number of carbonyl (C=O) groups excluding carboxylic acids is 2. The minimum atomic E-state index is -0.464. The summed E-state index contributed by atoms with van der Waals surface area (Å²) in [5.74, 6) is -0.612. The van der Waals surface area contributed by atoms with E-state index in [0.717, 1.165) is 26.5 Å². The Hall–Kier alpha value is -3.74. The van der Waals surface area contributed by atoms with Gasteiger partial charge in [-0.05, 0) is 18.6 Å². The molecule has 0 aliphatic heterocycles. The van der Waals surface area contributed by atoms with Crippen molar-refractivity contribution in [3.05, 3.63) is 114 Å². The molecule has 0 saturated heterocycles. The first-order valence-corrected chi connectivity index (χ1v) is 12.5. The molecule has 0 bridgehead atoms. The molecule has 1 unspecified atom stereocenters. The fourth-order valence-electron chi connectivity index (χ4n) is 4.10. The molecule has 6 heteroatoms. The normalized spacial score (nSPS) is 12.5. The third kappa shape index (κ3) is 6.04. The number of hydrogen-bond acceptors (Lipinski definition) is 4. The number of carbonyl (C=O) groups is 2. The number of nitrogens with one attached hydrogen (secondary N) is 2. The number of esters is 1. The topological polar surface area (TPSA) is 59.8 Å². The van der Waals surface area contributed by atoms with Crippen LogP contribution in [-0.4, -0.2) is 25.5 Å². The molecule has 4 aromatic rings. The molecule has 0 aliphatic carbocycles. The zero-order chi connectivity index (χ0) is 24.6. The predicted octanol–water partition coefficient (Wildman–Crippen LogP) is 4.99. The average Bonchev–Trinajstić information content (AvgIpc) is 3.30. The van der Waals surface area contributed by atoms with Crippen LogP contribution in [0.3, 0.4) is 0 Å². The average molecular weight is 486 g/mol. The highest BCUT2D eigenvalue weighted by Gasteiger charge is 2.31. The SMILES string of the molecule is CCOC(=O)c1cc(-c2ccccc2)sc1NC(=O)[C@H](c1ccccc1)[NH+](C)Cc1ccccc1. The summed E-state index contributed by atoms with van der Waals surface area (Å²) in [5, 5.41) is 3.56. The van der Waals surface area contributed by atoms with Gasteiger partial charge in [-0.15, -0.1) is 11.3 Å². The van der Waals surface area contributed by atoms with Gasteiger partial charge in [-0.1, -0.05) is 91.0 Å². The Morgan fingerprint density at radius 1 is 0.914 bits per heavy atom. The van der Waals surface area contributed by atoms with Crippen LogP contribution in [0.25, 0.3) is 10.4 Å². The van der Waals surface area contributed by atoms with Crippen molar-refractivity contribution in [2.75, 3.05) is 19.0 Å². The van der Waals surface area contributed by atoms with Gasteiger partial charge >= 0.3 is 5.97 Å². The lowest BCUT2D eigenvalue weighted by molar-refractivity contribution is -0.915. The quantitative estimate of drug-likeness (QED) is 0.329. The molecule has 1 amide bonds. The van der Waals surface area contributed by atoms with Gasteiger partial charge in [-0.25, -0.2) is 4.79 Å². The predicted molar refractivity (Wildman–Crippen MR) is 141 cm³/mol. The molecule has 5 nitrogen and oxygen atoms in total. The van der Waals surface area contributed by atoms with Crippen LogP contribution >= 0.6 is 11.3 Å². The molecule has 0 saturated carbocycles. The summed E-state index contributed by atoms with van der Waals surface area (Å²) in [4.78, 5) is 28.4. The Labute approximate surface area is 210 Å². The van der Waals surface area contributed by atoms with Crippen LogP contribution in [0, 0.1) is 0 Å². The van der Waals surface area contributed by atoms with Gasteiger partial charge in [0.05, 0.1) is 19.2 Å². The van der Waals surface area contributed by atoms with E-state index in [1.807, 2.05) is 85.9 Å². The molecular formula is C29H29N2O3S+. The first kappa shape index (κ1) is 24.4. The molecule has 4 rings (SSSR count). The highest BCUT2D eigenvalue weighted by atomic mass is 32.1. The van der Waals surface area contributed by atoms with E-state index in [1.54, 1.807) is 13.0 Å². The lowest BCUT2D eigenvalue weighted by Crippen LogP contribution is -3.09. The van der Waals surface area contributed by atoms with Crippen LogP contribution in [0.5, 0.6) is 0 Å². The molecule has 2 atom stereocenters. The van der Waals surface area contributed by atoms with Crippen LogP contribution in [0.4, 0.5) is 5.00 Å². The van der Waals surface area contributed by atoms with Gasteiger partial charge in [-0.3, -0.25) is 4.79 Å². The molecule has 2 N–H and O–H groups in total. The third-order valence-corrected chi connectivity index (χ3v) is 6.84. The van der Waals surface area contributed by atoms with Gasteiger partial charge in [0.2, 0.25) is 0 Å². The second kappa shape index (κ2) is 11.6. The molecule has 1 heterocycles. The van der Waals surface area contributed by atoms with Gasteiger partial charge in [0.25, 0.3) is 5.91 Å². The number of anilines is 1. The van der Waals surface area contributed by atoms with E-state index in [0.29, 0.717) is 17.1 Å². The molecule has 35 heavy (non-hydrogen) atoms. The third-order valence-electron chi connectivity index (χ3n) is 5.74. The van der Waals surface area contributed by atoms with Gasteiger partial charge < -0.3 is 15.0 Å². The van der Waals surface area contributed by atoms with Gasteiger partial charge in [0, 0.05) is 16.0 Å². The number of quaternary nitrogens is 1. The maximum absolute atomic E-state index is 13.7. The highest BCUT2D eigenvalue weighted by molar-refractivity contribution is 7.20. The first-order valence-electron chi connectivity index (χ1n) is 11.6. The minimum absolute atomic E-state index is 0.170. The van der Waals surface area contributed by atoms with Crippen molar-refractivity contribution in [3.8, 4) is 10.4 Å². The lowest BCUT2D eigenvalue weighted by atomic mass is 10.0. The zero-order valence-electron chi connectivity index (χ0n) is 19.9. The fraction of sp³-hybridized carbons (Fsp3) is 0.172. The van der Waals surface area contributed by atoms with E-state index in [2.05, 4.69) is 17.4 Å². The fourth-order valence-corrected chi connectivity index (χ4v) is 5.15. The Morgan fingerprint density at radius 3 is 2.14 bits per heavy atom. The Balaban J connectivity index is 1.66. The zero-order valence-corrected chi connectivity index (χ0v) is 20.7. The summed E-state index contributed by atoms with van der Waals surface area (Å²) in [6, 6.07) is 31.0. The van der Waals surface area contributed by atoms with Crippen molar-refractivity contribution in [2.24, 2.45) is 0 Å². The summed E-state index contributed by atoms with van der Waals surface area (Å²) in [7, 11) is 2.01. The summed E-state index contributed by atoms with van der Waals surface area (Å²) < 4.78 is 5.28. The highest BCUT2D eigenvalue weighted by Crippen LogP contribution is 2.36. The molecular weight excluding hydrogens is 456 g/mol. The summed E-state index contributed by atoms with van der Waals surface area (Å²) in [6.45, 7) is 2.71. The summed E-state index contributed by atoms with van der Waals surface area (Å²) >= 11 is 1.38. The van der Waals surface area contributed by atoms with Crippen LogP contribution in [-0.2, 0) is 16.1 Å². The van der Waals surface area contributed by atoms with Crippen LogP contribution in [0.15, 0.2) is 97.1 Å². The second-order valence-electron chi connectivity index (χ2n) is 8.28. The lowest BCUT2D eigenvalue weighted by Gasteiger charge is -2.24. The Kier molecular flexibility index (Phi) is 8.08. The largest absolute Gasteiger partial charge is 0.462 e. The smallest absolute Gasteiger partial charge is 0.341 e. The minimum Gasteiger partial charge on any atom is -0.462 e. The molecule has 1 aromatic heterocycles. The number of amides is 1. The van der Waals surface area contributed by atoms with Crippen molar-refractivity contribution in [3.63, 3.8) is 0 Å². The van der Waals surface area contributed by atoms with Crippen LogP contribution < -0.4 is 10.2 Å².